The van der Waals surface area contributed by atoms with Crippen molar-refractivity contribution < 1.29 is 27.2 Å². The largest absolute Gasteiger partial charge is 0.748 e. The number of hydrogen-bond acceptors (Lipinski definition) is 6. The van der Waals surface area contributed by atoms with Crippen molar-refractivity contribution in [3.05, 3.63) is 76.6 Å². The van der Waals surface area contributed by atoms with Gasteiger partial charge in [0.1, 0.15) is 6.10 Å². The highest BCUT2D eigenvalue weighted by molar-refractivity contribution is 7.85. The molecule has 0 fully saturated rings. The number of rotatable bonds is 7. The van der Waals surface area contributed by atoms with Gasteiger partial charge in [0.25, 0.3) is 0 Å². The number of fused-ring (bicyclic) bond motifs is 3. The lowest BCUT2D eigenvalue weighted by atomic mass is 9.98. The van der Waals surface area contributed by atoms with Crippen molar-refractivity contribution in [1.82, 2.24) is 4.57 Å². The molecule has 0 radical (unpaired) electrons. The molecule has 0 bridgehead atoms. The molecule has 0 aliphatic carbocycles. The van der Waals surface area contributed by atoms with Gasteiger partial charge in [0, 0.05) is 28.1 Å². The van der Waals surface area contributed by atoms with Crippen molar-refractivity contribution in [2.24, 2.45) is 0 Å². The number of halogens is 1. The minimum absolute atomic E-state index is 0.181. The maximum atomic E-state index is 11.1. The van der Waals surface area contributed by atoms with Crippen LogP contribution in [0.4, 0.5) is 0 Å². The average molecular weight is 477 g/mol. The molecule has 0 unspecified atom stereocenters. The molecule has 2 heterocycles. The predicted octanol–water partition coefficient (Wildman–Crippen LogP) is 4.63. The Morgan fingerprint density at radius 2 is 1.91 bits per heavy atom. The molecule has 4 rings (SSSR count). The minimum Gasteiger partial charge on any atom is -0.748 e. The van der Waals surface area contributed by atoms with Crippen LogP contribution in [0.3, 0.4) is 0 Å². The fraction of sp³-hybridized carbons (Fsp3) is 0.304. The molecule has 0 amide bonds. The van der Waals surface area contributed by atoms with Gasteiger partial charge in [0.05, 0.1) is 41.8 Å². The molecule has 2 atom stereocenters. The van der Waals surface area contributed by atoms with Crippen molar-refractivity contribution in [2.45, 2.75) is 25.0 Å². The number of methoxy groups -OCH3 is 2. The van der Waals surface area contributed by atoms with E-state index in [2.05, 4.69) is 0 Å². The number of ether oxygens (including phenoxy) is 3. The molecule has 170 valence electrons. The highest BCUT2D eigenvalue weighted by Gasteiger charge is 2.32. The zero-order valence-electron chi connectivity index (χ0n) is 17.7. The summed E-state index contributed by atoms with van der Waals surface area (Å²) in [7, 11) is -1.17. The summed E-state index contributed by atoms with van der Waals surface area (Å²) in [5.41, 5.74) is 3.34. The molecule has 1 aliphatic heterocycles. The summed E-state index contributed by atoms with van der Waals surface area (Å²) in [5, 5.41) is 0.559. The summed E-state index contributed by atoms with van der Waals surface area (Å²) in [6.45, 7) is 0. The van der Waals surface area contributed by atoms with E-state index >= 15 is 0 Å². The third-order valence-corrected chi connectivity index (χ3v) is 6.54. The lowest BCUT2D eigenvalue weighted by molar-refractivity contribution is 0.000838. The van der Waals surface area contributed by atoms with Gasteiger partial charge in [0.15, 0.2) is 11.5 Å². The van der Waals surface area contributed by atoms with E-state index in [-0.39, 0.29) is 6.42 Å². The molecule has 0 saturated heterocycles. The summed E-state index contributed by atoms with van der Waals surface area (Å²) in [6, 6.07) is 15.0. The lowest BCUT2D eigenvalue weighted by Gasteiger charge is -2.25. The number of para-hydroxylation sites is 1. The zero-order chi connectivity index (χ0) is 22.9. The smallest absolute Gasteiger partial charge is 0.166 e. The summed E-state index contributed by atoms with van der Waals surface area (Å²) >= 11 is 6.36. The van der Waals surface area contributed by atoms with Gasteiger partial charge in [-0.25, -0.2) is 8.42 Å². The Hall–Kier alpha value is -2.52. The maximum absolute atomic E-state index is 11.1. The van der Waals surface area contributed by atoms with Crippen LogP contribution in [0.1, 0.15) is 41.9 Å². The van der Waals surface area contributed by atoms with Crippen LogP contribution in [0.5, 0.6) is 11.5 Å². The molecule has 32 heavy (non-hydrogen) atoms. The Morgan fingerprint density at radius 3 is 2.62 bits per heavy atom. The van der Waals surface area contributed by atoms with E-state index in [1.54, 1.807) is 20.3 Å². The monoisotopic (exact) mass is 476 g/mol. The van der Waals surface area contributed by atoms with Crippen molar-refractivity contribution in [3.8, 4) is 17.2 Å². The van der Waals surface area contributed by atoms with Gasteiger partial charge in [-0.05, 0) is 49.2 Å². The van der Waals surface area contributed by atoms with Gasteiger partial charge in [0.2, 0.25) is 0 Å². The van der Waals surface area contributed by atoms with Crippen LogP contribution in [0, 0.1) is 0 Å². The van der Waals surface area contributed by atoms with E-state index in [1.807, 2.05) is 53.2 Å². The molecular formula is C23H23ClNO6S-. The van der Waals surface area contributed by atoms with Gasteiger partial charge < -0.3 is 23.3 Å². The Balaban J connectivity index is 1.85. The molecule has 3 aromatic rings. The Morgan fingerprint density at radius 1 is 1.09 bits per heavy atom. The molecule has 0 saturated carbocycles. The summed E-state index contributed by atoms with van der Waals surface area (Å²) in [4.78, 5) is 0. The minimum atomic E-state index is -4.31. The quantitative estimate of drug-likeness (QED) is 0.462. The molecule has 0 spiro atoms. The first-order chi connectivity index (χ1) is 15.3. The van der Waals surface area contributed by atoms with E-state index in [1.165, 1.54) is 0 Å². The Labute approximate surface area is 192 Å². The van der Waals surface area contributed by atoms with Crippen LogP contribution in [0.25, 0.3) is 5.69 Å². The van der Waals surface area contributed by atoms with Crippen LogP contribution in [0.2, 0.25) is 5.02 Å². The van der Waals surface area contributed by atoms with Crippen molar-refractivity contribution in [3.63, 3.8) is 0 Å². The summed E-state index contributed by atoms with van der Waals surface area (Å²) < 4.78 is 53.2. The molecule has 1 aliphatic rings. The molecule has 2 aromatic carbocycles. The second-order valence-electron chi connectivity index (χ2n) is 7.50. The van der Waals surface area contributed by atoms with Crippen LogP contribution >= 0.6 is 11.6 Å². The summed E-state index contributed by atoms with van der Waals surface area (Å²) in [5.74, 6) is 0.660. The maximum Gasteiger partial charge on any atom is 0.166 e. The zero-order valence-corrected chi connectivity index (χ0v) is 19.2. The van der Waals surface area contributed by atoms with Crippen molar-refractivity contribution in [2.75, 3.05) is 20.0 Å². The highest BCUT2D eigenvalue weighted by Crippen LogP contribution is 2.46. The standard InChI is InChI=1S/C23H24ClNO6S/c1-29-21-8-3-6-16(23(21)30-2)22-17-14-15(24)10-11-18(17)25-12-4-7-19(25)20(31-22)9-5-13-32(26,27)28/h3-4,6-8,10-12,14,20,22H,5,9,13H2,1-2H3,(H,26,27,28)/p-1/t20-,22-/m1/s1. The summed E-state index contributed by atoms with van der Waals surface area (Å²) in [6.07, 6.45) is 1.44. The van der Waals surface area contributed by atoms with Crippen LogP contribution in [-0.2, 0) is 14.9 Å². The Kier molecular flexibility index (Phi) is 6.48. The van der Waals surface area contributed by atoms with Gasteiger partial charge in [-0.15, -0.1) is 0 Å². The van der Waals surface area contributed by atoms with Crippen LogP contribution in [0.15, 0.2) is 54.7 Å². The average Bonchev–Trinajstić information content (AvgIpc) is 3.20. The predicted molar refractivity (Wildman–Crippen MR) is 120 cm³/mol. The van der Waals surface area contributed by atoms with E-state index in [4.69, 9.17) is 25.8 Å². The number of benzene rings is 2. The fourth-order valence-electron chi connectivity index (χ4n) is 4.16. The molecule has 0 N–H and O–H groups in total. The fourth-order valence-corrected chi connectivity index (χ4v) is 4.86. The van der Waals surface area contributed by atoms with E-state index in [0.29, 0.717) is 22.9 Å². The molecule has 7 nitrogen and oxygen atoms in total. The van der Waals surface area contributed by atoms with Crippen LogP contribution < -0.4 is 9.47 Å². The first kappa shape index (κ1) is 22.7. The van der Waals surface area contributed by atoms with Gasteiger partial charge in [-0.1, -0.05) is 23.7 Å². The highest BCUT2D eigenvalue weighted by atomic mass is 35.5. The van der Waals surface area contributed by atoms with Gasteiger partial charge in [-0.3, -0.25) is 0 Å². The van der Waals surface area contributed by atoms with E-state index in [9.17, 15) is 13.0 Å². The molecule has 9 heteroatoms. The SMILES string of the molecule is COc1cccc([C@H]2O[C@H](CCCS(=O)(=O)[O-])c3cccn3-c3ccc(Cl)cc32)c1OC. The molecular weight excluding hydrogens is 454 g/mol. The van der Waals surface area contributed by atoms with E-state index < -0.39 is 28.1 Å². The second-order valence-corrected chi connectivity index (χ2v) is 9.46. The van der Waals surface area contributed by atoms with Crippen molar-refractivity contribution >= 4 is 21.7 Å². The van der Waals surface area contributed by atoms with E-state index in [0.717, 1.165) is 22.5 Å². The number of nitrogens with zero attached hydrogens (tertiary/aromatic N) is 1. The number of hydrogen-bond donors (Lipinski definition) is 0. The van der Waals surface area contributed by atoms with Crippen LogP contribution in [-0.4, -0.2) is 37.5 Å². The normalized spacial score (nSPS) is 17.9. The molecule has 1 aromatic heterocycles. The lowest BCUT2D eigenvalue weighted by Crippen LogP contribution is -2.13. The van der Waals surface area contributed by atoms with Gasteiger partial charge in [-0.2, -0.15) is 0 Å². The third kappa shape index (κ3) is 4.49. The van der Waals surface area contributed by atoms with Gasteiger partial charge >= 0.3 is 0 Å². The third-order valence-electron chi connectivity index (χ3n) is 5.52. The Bertz CT molecular complexity index is 1220. The second kappa shape index (κ2) is 9.15. The first-order valence-electron chi connectivity index (χ1n) is 10.1. The topological polar surface area (TPSA) is 89.8 Å². The van der Waals surface area contributed by atoms with Crippen molar-refractivity contribution in [1.29, 1.82) is 0 Å². The number of aromatic nitrogens is 1. The first-order valence-corrected chi connectivity index (χ1v) is 12.0.